The van der Waals surface area contributed by atoms with Crippen molar-refractivity contribution in [3.05, 3.63) is 59.4 Å². The van der Waals surface area contributed by atoms with E-state index >= 15 is 0 Å². The maximum atomic E-state index is 12.2. The lowest BCUT2D eigenvalue weighted by molar-refractivity contribution is 0.102. The van der Waals surface area contributed by atoms with Gasteiger partial charge in [0, 0.05) is 16.6 Å². The van der Waals surface area contributed by atoms with Crippen LogP contribution in [0.1, 0.15) is 28.5 Å². The molecule has 0 fully saturated rings. The quantitative estimate of drug-likeness (QED) is 0.776. The molecule has 0 aliphatic heterocycles. The van der Waals surface area contributed by atoms with Gasteiger partial charge in [0.2, 0.25) is 0 Å². The summed E-state index contributed by atoms with van der Waals surface area (Å²) >= 11 is 0. The Hall–Kier alpha value is -3.13. The molecule has 0 unspecified atom stereocenters. The number of aryl methyl sites for hydroxylation is 1. The lowest BCUT2D eigenvalue weighted by atomic mass is 10.1. The molecule has 5 heteroatoms. The van der Waals surface area contributed by atoms with Crippen LogP contribution in [0.25, 0.3) is 11.0 Å². The molecule has 3 aromatic rings. The van der Waals surface area contributed by atoms with Crippen LogP contribution in [0.5, 0.6) is 0 Å². The van der Waals surface area contributed by atoms with Gasteiger partial charge >= 0.3 is 0 Å². The first-order chi connectivity index (χ1) is 10.7. The number of anilines is 1. The molecule has 1 amide bonds. The zero-order valence-electron chi connectivity index (χ0n) is 12.1. The van der Waals surface area contributed by atoms with Gasteiger partial charge in [0.15, 0.2) is 0 Å². The van der Waals surface area contributed by atoms with Crippen molar-refractivity contribution in [1.82, 2.24) is 9.97 Å². The van der Waals surface area contributed by atoms with E-state index in [9.17, 15) is 4.79 Å². The molecule has 0 spiro atoms. The van der Waals surface area contributed by atoms with Crippen LogP contribution in [0, 0.1) is 11.3 Å². The molecule has 0 aliphatic rings. The van der Waals surface area contributed by atoms with E-state index in [1.807, 2.05) is 18.2 Å². The van der Waals surface area contributed by atoms with Gasteiger partial charge in [-0.1, -0.05) is 13.0 Å². The summed E-state index contributed by atoms with van der Waals surface area (Å²) in [6.07, 6.45) is 2.52. The average Bonchev–Trinajstić information content (AvgIpc) is 2.97. The summed E-state index contributed by atoms with van der Waals surface area (Å²) in [5.74, 6) is -0.260. The van der Waals surface area contributed by atoms with Crippen molar-refractivity contribution in [1.29, 1.82) is 5.26 Å². The molecule has 1 aromatic carbocycles. The van der Waals surface area contributed by atoms with Gasteiger partial charge in [-0.2, -0.15) is 5.26 Å². The standard InChI is InChI=1S/C17H14N4O/c1-2-14-7-13-8-15(10-19-16(13)20-14)21-17(22)12-5-3-4-11(6-12)9-18/h3-8,10H,2H2,1H3,(H,19,20)(H,21,22). The highest BCUT2D eigenvalue weighted by Crippen LogP contribution is 2.18. The number of amides is 1. The number of nitriles is 1. The largest absolute Gasteiger partial charge is 0.343 e. The topological polar surface area (TPSA) is 81.6 Å². The highest BCUT2D eigenvalue weighted by Gasteiger charge is 2.08. The number of pyridine rings is 1. The summed E-state index contributed by atoms with van der Waals surface area (Å²) in [6, 6.07) is 12.5. The number of carbonyl (C=O) groups excluding carboxylic acids is 1. The summed E-state index contributed by atoms with van der Waals surface area (Å²) in [7, 11) is 0. The molecule has 0 saturated heterocycles. The van der Waals surface area contributed by atoms with Crippen LogP contribution in [0.2, 0.25) is 0 Å². The molecular formula is C17H14N4O. The third-order valence-electron chi connectivity index (χ3n) is 3.42. The molecule has 108 valence electrons. The molecule has 0 radical (unpaired) electrons. The van der Waals surface area contributed by atoms with E-state index in [1.54, 1.807) is 30.5 Å². The summed E-state index contributed by atoms with van der Waals surface area (Å²) in [6.45, 7) is 2.07. The summed E-state index contributed by atoms with van der Waals surface area (Å²) in [5, 5.41) is 12.6. The van der Waals surface area contributed by atoms with E-state index in [1.165, 1.54) is 0 Å². The number of hydrogen-bond acceptors (Lipinski definition) is 3. The third kappa shape index (κ3) is 2.67. The Morgan fingerprint density at radius 3 is 3.00 bits per heavy atom. The summed E-state index contributed by atoms with van der Waals surface area (Å²) in [4.78, 5) is 19.7. The van der Waals surface area contributed by atoms with Crippen LogP contribution in [-0.4, -0.2) is 15.9 Å². The number of aromatic nitrogens is 2. The molecule has 0 aliphatic carbocycles. The van der Waals surface area contributed by atoms with E-state index in [-0.39, 0.29) is 5.91 Å². The van der Waals surface area contributed by atoms with Gasteiger partial charge in [0.05, 0.1) is 23.5 Å². The second-order valence-corrected chi connectivity index (χ2v) is 4.96. The van der Waals surface area contributed by atoms with Crippen molar-refractivity contribution in [2.24, 2.45) is 0 Å². The van der Waals surface area contributed by atoms with Crippen molar-refractivity contribution in [3.8, 4) is 6.07 Å². The fourth-order valence-electron chi connectivity index (χ4n) is 2.26. The van der Waals surface area contributed by atoms with E-state index < -0.39 is 0 Å². The minimum atomic E-state index is -0.260. The highest BCUT2D eigenvalue weighted by atomic mass is 16.1. The zero-order chi connectivity index (χ0) is 15.5. The van der Waals surface area contributed by atoms with Crippen molar-refractivity contribution in [2.75, 3.05) is 5.32 Å². The number of aromatic amines is 1. The second-order valence-electron chi connectivity index (χ2n) is 4.96. The van der Waals surface area contributed by atoms with Crippen LogP contribution in [0.3, 0.4) is 0 Å². The molecule has 2 N–H and O–H groups in total. The maximum Gasteiger partial charge on any atom is 0.255 e. The van der Waals surface area contributed by atoms with Crippen molar-refractivity contribution >= 4 is 22.6 Å². The van der Waals surface area contributed by atoms with E-state index in [4.69, 9.17) is 5.26 Å². The Morgan fingerprint density at radius 1 is 1.36 bits per heavy atom. The molecule has 3 rings (SSSR count). The Morgan fingerprint density at radius 2 is 2.23 bits per heavy atom. The first-order valence-electron chi connectivity index (χ1n) is 6.98. The van der Waals surface area contributed by atoms with Crippen LogP contribution in [0.15, 0.2) is 42.6 Å². The minimum Gasteiger partial charge on any atom is -0.343 e. The fourth-order valence-corrected chi connectivity index (χ4v) is 2.26. The maximum absolute atomic E-state index is 12.2. The number of fused-ring (bicyclic) bond motifs is 1. The van der Waals surface area contributed by atoms with Gasteiger partial charge in [-0.15, -0.1) is 0 Å². The van der Waals surface area contributed by atoms with E-state index in [2.05, 4.69) is 22.2 Å². The Labute approximate surface area is 127 Å². The lowest BCUT2D eigenvalue weighted by Crippen LogP contribution is -2.12. The Balaban J connectivity index is 1.85. The number of H-pyrrole nitrogens is 1. The predicted molar refractivity (Wildman–Crippen MR) is 84.6 cm³/mol. The minimum absolute atomic E-state index is 0.260. The van der Waals surface area contributed by atoms with Crippen LogP contribution in [-0.2, 0) is 6.42 Å². The van der Waals surface area contributed by atoms with Crippen molar-refractivity contribution in [2.45, 2.75) is 13.3 Å². The van der Waals surface area contributed by atoms with Gasteiger partial charge in [-0.3, -0.25) is 4.79 Å². The lowest BCUT2D eigenvalue weighted by Gasteiger charge is -2.05. The molecule has 5 nitrogen and oxygen atoms in total. The molecule has 2 heterocycles. The zero-order valence-corrected chi connectivity index (χ0v) is 12.1. The molecule has 22 heavy (non-hydrogen) atoms. The van der Waals surface area contributed by atoms with E-state index in [0.29, 0.717) is 16.8 Å². The van der Waals surface area contributed by atoms with Crippen molar-refractivity contribution in [3.63, 3.8) is 0 Å². The normalized spacial score (nSPS) is 10.4. The Kier molecular flexibility index (Phi) is 3.58. The first kappa shape index (κ1) is 13.8. The van der Waals surface area contributed by atoms with Gasteiger partial charge in [-0.25, -0.2) is 4.98 Å². The van der Waals surface area contributed by atoms with Crippen LogP contribution >= 0.6 is 0 Å². The highest BCUT2D eigenvalue weighted by molar-refractivity contribution is 6.05. The monoisotopic (exact) mass is 290 g/mol. The van der Waals surface area contributed by atoms with Gasteiger partial charge < -0.3 is 10.3 Å². The fraction of sp³-hybridized carbons (Fsp3) is 0.118. The SMILES string of the molecule is CCc1cc2cc(NC(=O)c3cccc(C#N)c3)cnc2[nH]1. The van der Waals surface area contributed by atoms with Gasteiger partial charge in [0.1, 0.15) is 5.65 Å². The number of rotatable bonds is 3. The molecule has 0 atom stereocenters. The Bertz CT molecular complexity index is 889. The van der Waals surface area contributed by atoms with Crippen molar-refractivity contribution < 1.29 is 4.79 Å². The van der Waals surface area contributed by atoms with Crippen LogP contribution < -0.4 is 5.32 Å². The summed E-state index contributed by atoms with van der Waals surface area (Å²) in [5.41, 5.74) is 3.44. The first-order valence-corrected chi connectivity index (χ1v) is 6.98. The molecular weight excluding hydrogens is 276 g/mol. The van der Waals surface area contributed by atoms with Gasteiger partial charge in [0.25, 0.3) is 5.91 Å². The number of nitrogens with zero attached hydrogens (tertiary/aromatic N) is 2. The number of benzene rings is 1. The van der Waals surface area contributed by atoms with Crippen LogP contribution in [0.4, 0.5) is 5.69 Å². The third-order valence-corrected chi connectivity index (χ3v) is 3.42. The molecule has 2 aromatic heterocycles. The summed E-state index contributed by atoms with van der Waals surface area (Å²) < 4.78 is 0. The molecule has 0 bridgehead atoms. The predicted octanol–water partition coefficient (Wildman–Crippen LogP) is 3.25. The number of carbonyl (C=O) groups is 1. The molecule has 0 saturated carbocycles. The second kappa shape index (κ2) is 5.70. The van der Waals surface area contributed by atoms with Gasteiger partial charge in [-0.05, 0) is 36.8 Å². The average molecular weight is 290 g/mol. The number of hydrogen-bond donors (Lipinski definition) is 2. The van der Waals surface area contributed by atoms with E-state index in [0.717, 1.165) is 23.1 Å². The number of nitrogens with one attached hydrogen (secondary N) is 2. The smallest absolute Gasteiger partial charge is 0.255 e.